The molecule has 1 fully saturated rings. The number of carbonyl (C=O) groups is 2. The van der Waals surface area contributed by atoms with E-state index >= 15 is 0 Å². The Balaban J connectivity index is 1.77. The van der Waals surface area contributed by atoms with Gasteiger partial charge in [0.25, 0.3) is 0 Å². The van der Waals surface area contributed by atoms with E-state index in [-0.39, 0.29) is 17.4 Å². The Morgan fingerprint density at radius 1 is 1.00 bits per heavy atom. The first-order chi connectivity index (χ1) is 12.8. The summed E-state index contributed by atoms with van der Waals surface area (Å²) in [5, 5.41) is 3.01. The minimum atomic E-state index is -0.208. The van der Waals surface area contributed by atoms with Crippen LogP contribution in [-0.4, -0.2) is 59.9 Å². The fourth-order valence-corrected chi connectivity index (χ4v) is 3.39. The summed E-state index contributed by atoms with van der Waals surface area (Å²) in [6.45, 7) is 11.6. The maximum absolute atomic E-state index is 12.6. The minimum Gasteiger partial charge on any atom is -0.350 e. The van der Waals surface area contributed by atoms with Gasteiger partial charge in [-0.1, -0.05) is 31.2 Å². The molecule has 5 heteroatoms. The number of benzene rings is 1. The van der Waals surface area contributed by atoms with Crippen molar-refractivity contribution in [2.24, 2.45) is 0 Å². The van der Waals surface area contributed by atoms with Crippen LogP contribution in [0.2, 0.25) is 0 Å². The van der Waals surface area contributed by atoms with Crippen LogP contribution in [-0.2, 0) is 22.4 Å². The highest BCUT2D eigenvalue weighted by Gasteiger charge is 2.21. The fraction of sp³-hybridized carbons (Fsp3) is 0.636. The first-order valence-corrected chi connectivity index (χ1v) is 10.2. The molecule has 2 rings (SSSR count). The van der Waals surface area contributed by atoms with E-state index in [0.717, 1.165) is 38.9 Å². The van der Waals surface area contributed by atoms with Gasteiger partial charge < -0.3 is 10.2 Å². The van der Waals surface area contributed by atoms with Crippen molar-refractivity contribution < 1.29 is 9.59 Å². The van der Waals surface area contributed by atoms with Crippen molar-refractivity contribution in [2.45, 2.75) is 58.9 Å². The number of rotatable bonds is 6. The van der Waals surface area contributed by atoms with Crippen LogP contribution in [0.4, 0.5) is 0 Å². The number of hydrogen-bond donors (Lipinski definition) is 1. The normalized spacial score (nSPS) is 16.1. The average molecular weight is 374 g/mol. The van der Waals surface area contributed by atoms with Crippen molar-refractivity contribution >= 4 is 11.8 Å². The van der Waals surface area contributed by atoms with Gasteiger partial charge in [0.1, 0.15) is 0 Å². The van der Waals surface area contributed by atoms with Crippen LogP contribution >= 0.6 is 0 Å². The van der Waals surface area contributed by atoms with E-state index < -0.39 is 0 Å². The zero-order chi connectivity index (χ0) is 19.9. The van der Waals surface area contributed by atoms with Crippen molar-refractivity contribution in [1.29, 1.82) is 0 Å². The highest BCUT2D eigenvalue weighted by atomic mass is 16.2. The van der Waals surface area contributed by atoms with Gasteiger partial charge >= 0.3 is 0 Å². The second kappa shape index (κ2) is 9.88. The topological polar surface area (TPSA) is 52.7 Å². The number of aryl methyl sites for hydroxylation is 2. The van der Waals surface area contributed by atoms with E-state index in [0.29, 0.717) is 19.5 Å². The Kier molecular flexibility index (Phi) is 7.84. The molecule has 0 bridgehead atoms. The Labute approximate surface area is 164 Å². The lowest BCUT2D eigenvalue weighted by Gasteiger charge is -2.25. The molecule has 1 saturated heterocycles. The van der Waals surface area contributed by atoms with E-state index in [4.69, 9.17) is 0 Å². The zero-order valence-corrected chi connectivity index (χ0v) is 17.4. The van der Waals surface area contributed by atoms with Crippen LogP contribution < -0.4 is 5.32 Å². The number of carbonyl (C=O) groups excluding carboxylic acids is 2. The van der Waals surface area contributed by atoms with Crippen LogP contribution in [0.3, 0.4) is 0 Å². The molecule has 2 amide bonds. The molecule has 0 aromatic heterocycles. The molecule has 0 saturated carbocycles. The predicted octanol–water partition coefficient (Wildman–Crippen LogP) is 2.63. The predicted molar refractivity (Wildman–Crippen MR) is 110 cm³/mol. The first kappa shape index (κ1) is 21.4. The molecule has 0 aliphatic carbocycles. The van der Waals surface area contributed by atoms with E-state index in [1.165, 1.54) is 11.1 Å². The lowest BCUT2D eigenvalue weighted by atomic mass is 10.1. The summed E-state index contributed by atoms with van der Waals surface area (Å²) in [7, 11) is 0. The summed E-state index contributed by atoms with van der Waals surface area (Å²) in [6, 6.07) is 8.55. The summed E-state index contributed by atoms with van der Waals surface area (Å²) in [6.07, 6.45) is 3.30. The molecule has 150 valence electrons. The number of amides is 2. The number of nitrogens with zero attached hydrogens (tertiary/aromatic N) is 2. The highest BCUT2D eigenvalue weighted by Crippen LogP contribution is 2.10. The molecule has 1 aromatic carbocycles. The van der Waals surface area contributed by atoms with Gasteiger partial charge in [-0.2, -0.15) is 0 Å². The Bertz CT molecular complexity index is 619. The maximum atomic E-state index is 12.6. The molecule has 0 unspecified atom stereocenters. The highest BCUT2D eigenvalue weighted by molar-refractivity contribution is 5.79. The van der Waals surface area contributed by atoms with Crippen molar-refractivity contribution in [2.75, 3.05) is 32.7 Å². The van der Waals surface area contributed by atoms with Crippen molar-refractivity contribution in [1.82, 2.24) is 15.1 Å². The second-order valence-electron chi connectivity index (χ2n) is 8.48. The quantitative estimate of drug-likeness (QED) is 0.834. The van der Waals surface area contributed by atoms with Gasteiger partial charge in [-0.3, -0.25) is 14.5 Å². The molecule has 0 spiro atoms. The largest absolute Gasteiger partial charge is 0.350 e. The van der Waals surface area contributed by atoms with Gasteiger partial charge in [0.05, 0.1) is 6.54 Å². The van der Waals surface area contributed by atoms with Gasteiger partial charge in [-0.05, 0) is 51.2 Å². The fourth-order valence-electron chi connectivity index (χ4n) is 3.39. The molecule has 27 heavy (non-hydrogen) atoms. The van der Waals surface area contributed by atoms with Crippen LogP contribution in [0, 0.1) is 0 Å². The van der Waals surface area contributed by atoms with Gasteiger partial charge in [-0.25, -0.2) is 0 Å². The SMILES string of the molecule is CCc1ccc(CCC(=O)N2CCCN(CC(=O)NC(C)(C)C)CC2)cc1. The standard InChI is InChI=1S/C22H35N3O2/c1-5-18-7-9-19(10-8-18)11-12-21(27)25-14-6-13-24(15-16-25)17-20(26)23-22(2,3)4/h7-10H,5-6,11-17H2,1-4H3,(H,23,26). The first-order valence-electron chi connectivity index (χ1n) is 10.2. The van der Waals surface area contributed by atoms with E-state index in [1.807, 2.05) is 25.7 Å². The number of hydrogen-bond acceptors (Lipinski definition) is 3. The van der Waals surface area contributed by atoms with Crippen molar-refractivity contribution in [3.8, 4) is 0 Å². The van der Waals surface area contributed by atoms with E-state index in [2.05, 4.69) is 41.4 Å². The number of nitrogens with one attached hydrogen (secondary N) is 1. The van der Waals surface area contributed by atoms with Crippen molar-refractivity contribution in [3.05, 3.63) is 35.4 Å². The molecule has 0 atom stereocenters. The Morgan fingerprint density at radius 2 is 1.67 bits per heavy atom. The molecular formula is C22H35N3O2. The van der Waals surface area contributed by atoms with Gasteiger partial charge in [0, 0.05) is 38.1 Å². The molecule has 1 aliphatic heterocycles. The van der Waals surface area contributed by atoms with Crippen LogP contribution in [0.25, 0.3) is 0 Å². The van der Waals surface area contributed by atoms with E-state index in [1.54, 1.807) is 0 Å². The van der Waals surface area contributed by atoms with Crippen LogP contribution in [0.5, 0.6) is 0 Å². The van der Waals surface area contributed by atoms with Gasteiger partial charge in [0.2, 0.25) is 11.8 Å². The maximum Gasteiger partial charge on any atom is 0.234 e. The summed E-state index contributed by atoms with van der Waals surface area (Å²) < 4.78 is 0. The monoisotopic (exact) mass is 373 g/mol. The lowest BCUT2D eigenvalue weighted by Crippen LogP contribution is -2.46. The Morgan fingerprint density at radius 3 is 2.30 bits per heavy atom. The third-order valence-electron chi connectivity index (χ3n) is 4.88. The smallest absolute Gasteiger partial charge is 0.234 e. The van der Waals surface area contributed by atoms with Gasteiger partial charge in [0.15, 0.2) is 0 Å². The lowest BCUT2D eigenvalue weighted by molar-refractivity contribution is -0.131. The summed E-state index contributed by atoms with van der Waals surface area (Å²) in [5.74, 6) is 0.272. The average Bonchev–Trinajstić information content (AvgIpc) is 2.84. The second-order valence-corrected chi connectivity index (χ2v) is 8.48. The van der Waals surface area contributed by atoms with Crippen LogP contribution in [0.1, 0.15) is 51.7 Å². The Hall–Kier alpha value is -1.88. The zero-order valence-electron chi connectivity index (χ0n) is 17.4. The molecule has 1 aliphatic rings. The van der Waals surface area contributed by atoms with E-state index in [9.17, 15) is 9.59 Å². The molecule has 5 nitrogen and oxygen atoms in total. The van der Waals surface area contributed by atoms with Crippen molar-refractivity contribution in [3.63, 3.8) is 0 Å². The summed E-state index contributed by atoms with van der Waals surface area (Å²) >= 11 is 0. The third-order valence-corrected chi connectivity index (χ3v) is 4.88. The molecule has 1 heterocycles. The molecule has 1 aromatic rings. The molecular weight excluding hydrogens is 338 g/mol. The molecule has 1 N–H and O–H groups in total. The van der Waals surface area contributed by atoms with Gasteiger partial charge in [-0.15, -0.1) is 0 Å². The third kappa shape index (κ3) is 7.71. The molecule has 0 radical (unpaired) electrons. The minimum absolute atomic E-state index is 0.0535. The summed E-state index contributed by atoms with van der Waals surface area (Å²) in [4.78, 5) is 28.8. The van der Waals surface area contributed by atoms with Crippen LogP contribution in [0.15, 0.2) is 24.3 Å². The summed E-state index contributed by atoms with van der Waals surface area (Å²) in [5.41, 5.74) is 2.34.